The molecule has 1 amide bonds. The summed E-state index contributed by atoms with van der Waals surface area (Å²) in [5.41, 5.74) is 2.18. The molecule has 0 aliphatic carbocycles. The van der Waals surface area contributed by atoms with Gasteiger partial charge in [-0.25, -0.2) is 4.98 Å². The molecule has 0 aromatic carbocycles. The lowest BCUT2D eigenvalue weighted by molar-refractivity contribution is -0.130. The highest BCUT2D eigenvalue weighted by Crippen LogP contribution is 2.24. The number of pyridine rings is 1. The van der Waals surface area contributed by atoms with Gasteiger partial charge in [0.15, 0.2) is 0 Å². The Morgan fingerprint density at radius 1 is 1.39 bits per heavy atom. The molecule has 1 aliphatic rings. The van der Waals surface area contributed by atoms with Crippen molar-refractivity contribution in [3.05, 3.63) is 23.4 Å². The first-order valence-corrected chi connectivity index (χ1v) is 8.42. The maximum atomic E-state index is 11.4. The maximum absolute atomic E-state index is 11.4. The molecule has 2 heterocycles. The van der Waals surface area contributed by atoms with E-state index < -0.39 is 0 Å². The van der Waals surface area contributed by atoms with Gasteiger partial charge >= 0.3 is 0 Å². The highest BCUT2D eigenvalue weighted by Gasteiger charge is 2.24. The number of carbonyl (C=O) groups is 1. The van der Waals surface area contributed by atoms with E-state index in [9.17, 15) is 4.79 Å². The zero-order chi connectivity index (χ0) is 17.0. The van der Waals surface area contributed by atoms with E-state index in [1.807, 2.05) is 4.90 Å². The Kier molecular flexibility index (Phi) is 5.99. The van der Waals surface area contributed by atoms with Gasteiger partial charge in [0, 0.05) is 43.9 Å². The van der Waals surface area contributed by atoms with Crippen molar-refractivity contribution in [2.45, 2.75) is 52.1 Å². The Labute approximate surface area is 139 Å². The maximum Gasteiger partial charge on any atom is 0.219 e. The van der Waals surface area contributed by atoms with E-state index in [1.165, 1.54) is 0 Å². The van der Waals surface area contributed by atoms with Crippen LogP contribution in [-0.2, 0) is 11.3 Å². The zero-order valence-corrected chi connectivity index (χ0v) is 15.0. The molecule has 0 spiro atoms. The van der Waals surface area contributed by atoms with Crippen molar-refractivity contribution in [1.82, 2.24) is 14.8 Å². The van der Waals surface area contributed by atoms with Crippen molar-refractivity contribution in [2.75, 3.05) is 27.2 Å². The predicted octanol–water partition coefficient (Wildman–Crippen LogP) is 2.66. The van der Waals surface area contributed by atoms with Crippen LogP contribution in [0.15, 0.2) is 12.1 Å². The van der Waals surface area contributed by atoms with Gasteiger partial charge in [0.1, 0.15) is 0 Å². The van der Waals surface area contributed by atoms with Crippen LogP contribution < -0.4 is 4.74 Å². The second-order valence-corrected chi connectivity index (χ2v) is 6.71. The highest BCUT2D eigenvalue weighted by atomic mass is 16.5. The molecular weight excluding hydrogens is 290 g/mol. The molecule has 23 heavy (non-hydrogen) atoms. The molecule has 0 unspecified atom stereocenters. The van der Waals surface area contributed by atoms with Gasteiger partial charge in [-0.05, 0) is 31.9 Å². The summed E-state index contributed by atoms with van der Waals surface area (Å²) in [4.78, 5) is 20.3. The number of hydrogen-bond acceptors (Lipinski definition) is 4. The van der Waals surface area contributed by atoms with E-state index in [2.05, 4.69) is 42.9 Å². The summed E-state index contributed by atoms with van der Waals surface area (Å²) >= 11 is 0. The summed E-state index contributed by atoms with van der Waals surface area (Å²) in [5.74, 6) is 1.30. The van der Waals surface area contributed by atoms with E-state index in [4.69, 9.17) is 4.74 Å². The number of nitrogens with zero attached hydrogens (tertiary/aromatic N) is 3. The van der Waals surface area contributed by atoms with Crippen molar-refractivity contribution in [3.8, 4) is 5.88 Å². The van der Waals surface area contributed by atoms with Crippen LogP contribution in [0.2, 0.25) is 0 Å². The molecule has 1 saturated heterocycles. The van der Waals surface area contributed by atoms with Crippen LogP contribution >= 0.6 is 0 Å². The monoisotopic (exact) mass is 319 g/mol. The lowest BCUT2D eigenvalue weighted by atomic mass is 10.0. The topological polar surface area (TPSA) is 45.7 Å². The van der Waals surface area contributed by atoms with E-state index in [1.54, 1.807) is 14.0 Å². The third-order valence-corrected chi connectivity index (χ3v) is 4.70. The van der Waals surface area contributed by atoms with Gasteiger partial charge in [-0.3, -0.25) is 9.69 Å². The fourth-order valence-electron chi connectivity index (χ4n) is 3.12. The van der Waals surface area contributed by atoms with Crippen LogP contribution in [0.25, 0.3) is 0 Å². The van der Waals surface area contributed by atoms with Crippen molar-refractivity contribution in [2.24, 2.45) is 0 Å². The number of ether oxygens (including phenoxy) is 1. The van der Waals surface area contributed by atoms with E-state index in [0.29, 0.717) is 12.0 Å². The molecule has 5 heteroatoms. The van der Waals surface area contributed by atoms with Gasteiger partial charge in [0.25, 0.3) is 0 Å². The Hall–Kier alpha value is -1.62. The summed E-state index contributed by atoms with van der Waals surface area (Å²) in [6.07, 6.45) is 2.05. The molecule has 1 aromatic heterocycles. The second kappa shape index (κ2) is 7.77. The van der Waals surface area contributed by atoms with Crippen LogP contribution in [0.1, 0.15) is 50.8 Å². The van der Waals surface area contributed by atoms with Crippen LogP contribution in [0.3, 0.4) is 0 Å². The summed E-state index contributed by atoms with van der Waals surface area (Å²) < 4.78 is 5.48. The highest BCUT2D eigenvalue weighted by molar-refractivity contribution is 5.73. The van der Waals surface area contributed by atoms with Crippen molar-refractivity contribution >= 4 is 5.91 Å². The molecule has 128 valence electrons. The molecular formula is C18H29N3O2. The Balaban J connectivity index is 2.00. The predicted molar refractivity (Wildman–Crippen MR) is 91.6 cm³/mol. The smallest absolute Gasteiger partial charge is 0.219 e. The summed E-state index contributed by atoms with van der Waals surface area (Å²) in [6, 6.07) is 4.72. The number of methoxy groups -OCH3 is 1. The molecule has 0 N–H and O–H groups in total. The zero-order valence-electron chi connectivity index (χ0n) is 15.0. The largest absolute Gasteiger partial charge is 0.481 e. The number of carbonyl (C=O) groups excluding carboxylic acids is 1. The van der Waals surface area contributed by atoms with Crippen molar-refractivity contribution in [1.29, 1.82) is 0 Å². The molecule has 1 aliphatic heterocycles. The molecule has 0 saturated carbocycles. The number of piperidine rings is 1. The molecule has 0 atom stereocenters. The summed E-state index contributed by atoms with van der Waals surface area (Å²) in [5, 5.41) is 0. The summed E-state index contributed by atoms with van der Waals surface area (Å²) in [6.45, 7) is 8.45. The summed E-state index contributed by atoms with van der Waals surface area (Å²) in [7, 11) is 3.82. The minimum Gasteiger partial charge on any atom is -0.481 e. The van der Waals surface area contributed by atoms with Gasteiger partial charge in [0.2, 0.25) is 11.8 Å². The van der Waals surface area contributed by atoms with E-state index >= 15 is 0 Å². The number of likely N-dealkylation sites (tertiary alicyclic amines) is 1. The average Bonchev–Trinajstić information content (AvgIpc) is 2.55. The lowest BCUT2D eigenvalue weighted by Gasteiger charge is -2.36. The Morgan fingerprint density at radius 3 is 2.57 bits per heavy atom. The van der Waals surface area contributed by atoms with Gasteiger partial charge < -0.3 is 9.64 Å². The molecule has 2 rings (SSSR count). The van der Waals surface area contributed by atoms with Crippen molar-refractivity contribution in [3.63, 3.8) is 0 Å². The normalized spacial score (nSPS) is 16.2. The van der Waals surface area contributed by atoms with Crippen molar-refractivity contribution < 1.29 is 9.53 Å². The quantitative estimate of drug-likeness (QED) is 0.837. The Bertz CT molecular complexity index is 537. The van der Waals surface area contributed by atoms with Crippen LogP contribution in [0.5, 0.6) is 5.88 Å². The molecule has 0 radical (unpaired) electrons. The average molecular weight is 319 g/mol. The molecule has 1 aromatic rings. The molecule has 0 bridgehead atoms. The minimum absolute atomic E-state index is 0.182. The third-order valence-electron chi connectivity index (χ3n) is 4.70. The minimum atomic E-state index is 0.182. The third kappa shape index (κ3) is 4.44. The number of amides is 1. The number of aromatic nitrogens is 1. The first kappa shape index (κ1) is 17.7. The standard InChI is InChI=1S/C18H29N3O2/c1-13(2)17-7-6-15(18(19-17)23-5)12-20(4)16-8-10-21(11-9-16)14(3)22/h6-7,13,16H,8-12H2,1-5H3. The van der Waals surface area contributed by atoms with Crippen LogP contribution in [-0.4, -0.2) is 54.0 Å². The van der Waals surface area contributed by atoms with Gasteiger partial charge in [0.05, 0.1) is 7.11 Å². The van der Waals surface area contributed by atoms with Gasteiger partial charge in [-0.15, -0.1) is 0 Å². The van der Waals surface area contributed by atoms with Gasteiger partial charge in [-0.2, -0.15) is 0 Å². The Morgan fingerprint density at radius 2 is 2.04 bits per heavy atom. The van der Waals surface area contributed by atoms with Crippen LogP contribution in [0, 0.1) is 0 Å². The van der Waals surface area contributed by atoms with Gasteiger partial charge in [-0.1, -0.05) is 19.9 Å². The fraction of sp³-hybridized carbons (Fsp3) is 0.667. The lowest BCUT2D eigenvalue weighted by Crippen LogP contribution is -2.44. The number of hydrogen-bond donors (Lipinski definition) is 0. The first-order chi connectivity index (χ1) is 10.9. The van der Waals surface area contributed by atoms with E-state index in [-0.39, 0.29) is 5.91 Å². The number of rotatable bonds is 5. The first-order valence-electron chi connectivity index (χ1n) is 8.42. The fourth-order valence-corrected chi connectivity index (χ4v) is 3.12. The SMILES string of the molecule is COc1nc(C(C)C)ccc1CN(C)C1CCN(C(C)=O)CC1. The second-order valence-electron chi connectivity index (χ2n) is 6.71. The molecule has 5 nitrogen and oxygen atoms in total. The van der Waals surface area contributed by atoms with Crippen LogP contribution in [0.4, 0.5) is 0 Å². The molecule has 1 fully saturated rings. The van der Waals surface area contributed by atoms with E-state index in [0.717, 1.165) is 49.6 Å².